The van der Waals surface area contributed by atoms with Gasteiger partial charge in [-0.25, -0.2) is 4.79 Å². The van der Waals surface area contributed by atoms with Crippen molar-refractivity contribution in [2.24, 2.45) is 0 Å². The van der Waals surface area contributed by atoms with Gasteiger partial charge in [-0.2, -0.15) is 13.2 Å². The molecule has 0 aliphatic rings. The third kappa shape index (κ3) is 4.33. The highest BCUT2D eigenvalue weighted by molar-refractivity contribution is 6.34. The Bertz CT molecular complexity index is 1290. The molecule has 0 aliphatic carbocycles. The topological polar surface area (TPSA) is 54.3 Å². The highest BCUT2D eigenvalue weighted by Gasteiger charge is 2.33. The summed E-state index contributed by atoms with van der Waals surface area (Å²) in [6, 6.07) is 15.6. The van der Waals surface area contributed by atoms with Crippen molar-refractivity contribution in [1.29, 1.82) is 0 Å². The van der Waals surface area contributed by atoms with Crippen molar-refractivity contribution in [2.75, 3.05) is 10.6 Å². The summed E-state index contributed by atoms with van der Waals surface area (Å²) in [6.45, 7) is 0. The number of amides is 2. The van der Waals surface area contributed by atoms with Crippen LogP contribution in [0.25, 0.3) is 22.1 Å². The summed E-state index contributed by atoms with van der Waals surface area (Å²) in [5.74, 6) is 0.0207. The Morgan fingerprint density at radius 2 is 1.61 bits per heavy atom. The van der Waals surface area contributed by atoms with Crippen molar-refractivity contribution in [3.63, 3.8) is 0 Å². The smallest absolute Gasteiger partial charge is 0.418 e. The molecule has 0 bridgehead atoms. The molecule has 1 aromatic heterocycles. The van der Waals surface area contributed by atoms with E-state index in [4.69, 9.17) is 27.6 Å². The predicted molar refractivity (Wildman–Crippen MR) is 116 cm³/mol. The summed E-state index contributed by atoms with van der Waals surface area (Å²) in [4.78, 5) is 12.6. The largest absolute Gasteiger partial charge is 0.440 e. The zero-order chi connectivity index (χ0) is 22.2. The highest BCUT2D eigenvalue weighted by atomic mass is 35.5. The van der Waals surface area contributed by atoms with E-state index in [0.29, 0.717) is 32.1 Å². The molecule has 0 aliphatic heterocycles. The van der Waals surface area contributed by atoms with E-state index in [-0.39, 0.29) is 11.6 Å². The summed E-state index contributed by atoms with van der Waals surface area (Å²) >= 11 is 12.5. The van der Waals surface area contributed by atoms with Gasteiger partial charge in [-0.1, -0.05) is 53.5 Å². The fourth-order valence-electron chi connectivity index (χ4n) is 3.19. The van der Waals surface area contributed by atoms with Crippen LogP contribution in [0.1, 0.15) is 5.56 Å². The van der Waals surface area contributed by atoms with E-state index in [0.717, 1.165) is 12.1 Å². The number of para-hydroxylation sites is 1. The Morgan fingerprint density at radius 1 is 0.903 bits per heavy atom. The van der Waals surface area contributed by atoms with Crippen LogP contribution in [0.3, 0.4) is 0 Å². The molecule has 0 fully saturated rings. The Morgan fingerprint density at radius 3 is 2.35 bits per heavy atom. The van der Waals surface area contributed by atoms with Crippen LogP contribution < -0.4 is 10.6 Å². The molecule has 0 unspecified atom stereocenters. The number of rotatable bonds is 3. The summed E-state index contributed by atoms with van der Waals surface area (Å²) in [5, 5.41) is 6.14. The molecular formula is C22H13Cl2F3N2O2. The Balaban J connectivity index is 1.74. The van der Waals surface area contributed by atoms with Gasteiger partial charge in [0.05, 0.1) is 16.8 Å². The quantitative estimate of drug-likeness (QED) is 0.322. The average molecular weight is 465 g/mol. The van der Waals surface area contributed by atoms with Crippen LogP contribution in [0.5, 0.6) is 0 Å². The van der Waals surface area contributed by atoms with Gasteiger partial charge in [-0.3, -0.25) is 5.32 Å². The number of hydrogen-bond acceptors (Lipinski definition) is 2. The van der Waals surface area contributed by atoms with Crippen molar-refractivity contribution < 1.29 is 22.4 Å². The molecule has 4 nitrogen and oxygen atoms in total. The summed E-state index contributed by atoms with van der Waals surface area (Å²) in [6.07, 6.45) is -4.62. The van der Waals surface area contributed by atoms with Gasteiger partial charge < -0.3 is 9.73 Å². The van der Waals surface area contributed by atoms with Gasteiger partial charge >= 0.3 is 12.2 Å². The predicted octanol–water partition coefficient (Wildman–Crippen LogP) is 8.07. The molecule has 0 saturated carbocycles. The van der Waals surface area contributed by atoms with Crippen LogP contribution in [0.15, 0.2) is 71.1 Å². The number of alkyl halides is 3. The molecule has 0 spiro atoms. The zero-order valence-electron chi connectivity index (χ0n) is 15.6. The van der Waals surface area contributed by atoms with E-state index < -0.39 is 17.8 Å². The lowest BCUT2D eigenvalue weighted by atomic mass is 10.0. The van der Waals surface area contributed by atoms with Gasteiger partial charge in [0.2, 0.25) is 5.88 Å². The number of hydrogen-bond donors (Lipinski definition) is 2. The second-order valence-corrected chi connectivity index (χ2v) is 7.39. The molecule has 31 heavy (non-hydrogen) atoms. The lowest BCUT2D eigenvalue weighted by Crippen LogP contribution is -2.21. The van der Waals surface area contributed by atoms with Gasteiger partial charge in [-0.05, 0) is 36.4 Å². The Labute approximate surface area is 184 Å². The first-order chi connectivity index (χ1) is 14.7. The van der Waals surface area contributed by atoms with Crippen LogP contribution in [0.2, 0.25) is 10.0 Å². The molecule has 3 aromatic carbocycles. The third-order valence-corrected chi connectivity index (χ3v) is 5.07. The average Bonchev–Trinajstić information content (AvgIpc) is 3.04. The Hall–Kier alpha value is -3.16. The van der Waals surface area contributed by atoms with Crippen molar-refractivity contribution >= 4 is 51.8 Å². The second kappa shape index (κ2) is 8.17. The van der Waals surface area contributed by atoms with Crippen LogP contribution in [0, 0.1) is 0 Å². The summed E-state index contributed by atoms with van der Waals surface area (Å²) in [7, 11) is 0. The standard InChI is InChI=1S/C22H13Cl2F3N2O2/c23-12-9-10-18-14(11-12)19(13-5-1-3-7-16(13)24)20(31-18)29-21(30)28-17-8-4-2-6-15(17)22(25,26)27/h1-11H,(H2,28,29,30). The molecule has 158 valence electrons. The normalized spacial score (nSPS) is 11.5. The second-order valence-electron chi connectivity index (χ2n) is 6.55. The first-order valence-corrected chi connectivity index (χ1v) is 9.71. The summed E-state index contributed by atoms with van der Waals surface area (Å²) in [5.41, 5.74) is 0.0997. The first-order valence-electron chi connectivity index (χ1n) is 8.95. The van der Waals surface area contributed by atoms with Gasteiger partial charge in [-0.15, -0.1) is 0 Å². The number of carbonyl (C=O) groups excluding carboxylic acids is 1. The van der Waals surface area contributed by atoms with Crippen LogP contribution >= 0.6 is 23.2 Å². The molecule has 9 heteroatoms. The maximum atomic E-state index is 13.2. The van der Waals surface area contributed by atoms with E-state index in [9.17, 15) is 18.0 Å². The van der Waals surface area contributed by atoms with E-state index >= 15 is 0 Å². The van der Waals surface area contributed by atoms with Crippen LogP contribution in [-0.2, 0) is 6.18 Å². The number of urea groups is 1. The molecular weight excluding hydrogens is 452 g/mol. The third-order valence-electron chi connectivity index (χ3n) is 4.50. The number of anilines is 2. The molecule has 4 aromatic rings. The minimum absolute atomic E-state index is 0.0207. The molecule has 2 amide bonds. The molecule has 4 rings (SSSR count). The van der Waals surface area contributed by atoms with E-state index in [1.165, 1.54) is 12.1 Å². The van der Waals surface area contributed by atoms with Crippen LogP contribution in [-0.4, -0.2) is 6.03 Å². The van der Waals surface area contributed by atoms with Crippen molar-refractivity contribution in [2.45, 2.75) is 6.18 Å². The SMILES string of the molecule is O=C(Nc1ccccc1C(F)(F)F)Nc1oc2ccc(Cl)cc2c1-c1ccccc1Cl. The van der Waals surface area contributed by atoms with Gasteiger partial charge in [0.15, 0.2) is 0 Å². The molecule has 0 radical (unpaired) electrons. The van der Waals surface area contributed by atoms with E-state index in [1.807, 2.05) is 0 Å². The number of nitrogens with one attached hydrogen (secondary N) is 2. The minimum atomic E-state index is -4.62. The lowest BCUT2D eigenvalue weighted by Gasteiger charge is -2.14. The first kappa shape index (κ1) is 21.1. The van der Waals surface area contributed by atoms with Crippen molar-refractivity contribution in [3.05, 3.63) is 82.3 Å². The van der Waals surface area contributed by atoms with Crippen molar-refractivity contribution in [3.8, 4) is 11.1 Å². The maximum Gasteiger partial charge on any atom is 0.418 e. The zero-order valence-corrected chi connectivity index (χ0v) is 17.1. The number of fused-ring (bicyclic) bond motifs is 1. The lowest BCUT2D eigenvalue weighted by molar-refractivity contribution is -0.136. The number of carbonyl (C=O) groups is 1. The van der Waals surface area contributed by atoms with Crippen LogP contribution in [0.4, 0.5) is 29.5 Å². The number of furan rings is 1. The molecule has 1 heterocycles. The summed E-state index contributed by atoms with van der Waals surface area (Å²) < 4.78 is 45.4. The van der Waals surface area contributed by atoms with Gasteiger partial charge in [0, 0.05) is 21.0 Å². The molecule has 0 atom stereocenters. The molecule has 0 saturated heterocycles. The number of benzene rings is 3. The van der Waals surface area contributed by atoms with Gasteiger partial charge in [0.1, 0.15) is 5.58 Å². The Kier molecular flexibility index (Phi) is 5.56. The highest BCUT2D eigenvalue weighted by Crippen LogP contribution is 2.42. The monoisotopic (exact) mass is 464 g/mol. The maximum absolute atomic E-state index is 13.2. The van der Waals surface area contributed by atoms with Crippen molar-refractivity contribution in [1.82, 2.24) is 0 Å². The van der Waals surface area contributed by atoms with E-state index in [2.05, 4.69) is 10.6 Å². The molecule has 2 N–H and O–H groups in total. The fraction of sp³-hybridized carbons (Fsp3) is 0.0455. The number of halogens is 5. The fourth-order valence-corrected chi connectivity index (χ4v) is 3.59. The van der Waals surface area contributed by atoms with E-state index in [1.54, 1.807) is 42.5 Å². The van der Waals surface area contributed by atoms with Gasteiger partial charge in [0.25, 0.3) is 0 Å². The minimum Gasteiger partial charge on any atom is -0.440 e.